The molecule has 2 unspecified atom stereocenters. The second kappa shape index (κ2) is 13.0. The third kappa shape index (κ3) is 7.62. The molecule has 1 saturated heterocycles. The fourth-order valence-electron chi connectivity index (χ4n) is 5.41. The average molecular weight is 638 g/mol. The van der Waals surface area contributed by atoms with Crippen molar-refractivity contribution >= 4 is 39.1 Å². The normalized spacial score (nSPS) is 20.5. The van der Waals surface area contributed by atoms with Crippen molar-refractivity contribution in [3.05, 3.63) is 52.6 Å². The molecule has 2 aromatic carbocycles. The zero-order valence-electron chi connectivity index (χ0n) is 25.3. The molecule has 1 fully saturated rings. The summed E-state index contributed by atoms with van der Waals surface area (Å²) in [6, 6.07) is 8.29. The molecular formula is C29H38F3N7O4S. The van der Waals surface area contributed by atoms with Gasteiger partial charge in [-0.2, -0.15) is 13.2 Å². The Hall–Kier alpha value is -3.85. The number of halogens is 3. The number of rotatable bonds is 8. The number of nitrogens with zero attached hydrogens (tertiary/aromatic N) is 4. The molecule has 240 valence electrons. The van der Waals surface area contributed by atoms with Crippen LogP contribution < -0.4 is 25.4 Å². The minimum absolute atomic E-state index is 0.0125. The van der Waals surface area contributed by atoms with Gasteiger partial charge in [-0.05, 0) is 74.2 Å². The van der Waals surface area contributed by atoms with Gasteiger partial charge in [0.25, 0.3) is 0 Å². The molecule has 0 radical (unpaired) electrons. The average Bonchev–Trinajstić information content (AvgIpc) is 2.94. The third-order valence-corrected chi connectivity index (χ3v) is 9.05. The minimum Gasteiger partial charge on any atom is -0.495 e. The van der Waals surface area contributed by atoms with Crippen LogP contribution in [0, 0.1) is 12.8 Å². The monoisotopic (exact) mass is 637 g/mol. The maximum absolute atomic E-state index is 14.1. The number of likely N-dealkylation sites (N-methyl/N-ethyl adjacent to an activating group) is 1. The van der Waals surface area contributed by atoms with E-state index < -0.39 is 34.6 Å². The first-order valence-electron chi connectivity index (χ1n) is 14.0. The molecule has 2 atom stereocenters. The number of amidine groups is 1. The van der Waals surface area contributed by atoms with E-state index in [0.29, 0.717) is 34.6 Å². The van der Waals surface area contributed by atoms with E-state index in [2.05, 4.69) is 25.5 Å². The van der Waals surface area contributed by atoms with Crippen molar-refractivity contribution in [3.8, 4) is 5.75 Å². The van der Waals surface area contributed by atoms with Crippen LogP contribution in [0.3, 0.4) is 0 Å². The van der Waals surface area contributed by atoms with E-state index in [-0.39, 0.29) is 30.0 Å². The van der Waals surface area contributed by atoms with E-state index in [1.165, 1.54) is 20.2 Å². The first kappa shape index (κ1) is 33.1. The van der Waals surface area contributed by atoms with E-state index in [1.807, 2.05) is 7.05 Å². The molecule has 2 aliphatic heterocycles. The number of ether oxygens (including phenoxy) is 1. The van der Waals surface area contributed by atoms with Gasteiger partial charge in [0.2, 0.25) is 21.9 Å². The first-order valence-corrected chi connectivity index (χ1v) is 15.9. The van der Waals surface area contributed by atoms with Gasteiger partial charge in [0.05, 0.1) is 37.8 Å². The number of hydrogen-bond donors (Lipinski definition) is 3. The van der Waals surface area contributed by atoms with Gasteiger partial charge in [0.15, 0.2) is 0 Å². The molecule has 15 heteroatoms. The van der Waals surface area contributed by atoms with Crippen LogP contribution in [0.1, 0.15) is 45.8 Å². The van der Waals surface area contributed by atoms with Crippen LogP contribution in [0.15, 0.2) is 40.3 Å². The Morgan fingerprint density at radius 3 is 2.64 bits per heavy atom. The fraction of sp³-hybridized carbons (Fsp3) is 0.483. The number of primary amides is 1. The number of carbonyl (C=O) groups excluding carboxylic acids is 1. The number of benzene rings is 2. The molecule has 11 nitrogen and oxygen atoms in total. The summed E-state index contributed by atoms with van der Waals surface area (Å²) >= 11 is 0. The van der Waals surface area contributed by atoms with Crippen LogP contribution >= 0.6 is 0 Å². The molecule has 2 heterocycles. The number of anilines is 2. The Kier molecular flexibility index (Phi) is 9.78. The molecule has 0 aromatic heterocycles. The van der Waals surface area contributed by atoms with Gasteiger partial charge in [-0.3, -0.25) is 19.1 Å². The molecule has 44 heavy (non-hydrogen) atoms. The highest BCUT2D eigenvalue weighted by Gasteiger charge is 2.45. The summed E-state index contributed by atoms with van der Waals surface area (Å²) in [4.78, 5) is 22.9. The van der Waals surface area contributed by atoms with Crippen molar-refractivity contribution < 1.29 is 31.1 Å². The number of likely N-dealkylation sites (tertiary alicyclic amines) is 1. The Morgan fingerprint density at radius 1 is 1.30 bits per heavy atom. The second-order valence-electron chi connectivity index (χ2n) is 11.2. The third-order valence-electron chi connectivity index (χ3n) is 7.86. The lowest BCUT2D eigenvalue weighted by Crippen LogP contribution is -2.50. The summed E-state index contributed by atoms with van der Waals surface area (Å²) in [7, 11) is 1.16. The van der Waals surface area contributed by atoms with Gasteiger partial charge in [0.1, 0.15) is 17.5 Å². The molecule has 4 rings (SSSR count). The van der Waals surface area contributed by atoms with Gasteiger partial charge in [-0.1, -0.05) is 12.1 Å². The smallest absolute Gasteiger partial charge is 0.400 e. The first-order chi connectivity index (χ1) is 20.6. The molecule has 1 amide bonds. The number of nitrogens with two attached hydrogens (primary N) is 1. The van der Waals surface area contributed by atoms with Crippen LogP contribution in [0.4, 0.5) is 24.5 Å². The van der Waals surface area contributed by atoms with Gasteiger partial charge in [0, 0.05) is 19.2 Å². The molecule has 2 aliphatic rings. The van der Waals surface area contributed by atoms with Crippen LogP contribution in [0.25, 0.3) is 0 Å². The van der Waals surface area contributed by atoms with Gasteiger partial charge >= 0.3 is 6.18 Å². The lowest BCUT2D eigenvalue weighted by molar-refractivity contribution is -0.153. The number of sulfonamides is 1. The maximum Gasteiger partial charge on any atom is 0.400 e. The number of guanidine groups is 1. The van der Waals surface area contributed by atoms with E-state index in [9.17, 15) is 26.4 Å². The number of piperidine rings is 1. The largest absolute Gasteiger partial charge is 0.495 e. The Labute approximate surface area is 255 Å². The topological polar surface area (TPSA) is 142 Å². The summed E-state index contributed by atoms with van der Waals surface area (Å²) in [5.41, 5.74) is 8.67. The van der Waals surface area contributed by atoms with Crippen molar-refractivity contribution in [2.45, 2.75) is 38.4 Å². The maximum atomic E-state index is 14.1. The zero-order valence-corrected chi connectivity index (χ0v) is 26.1. The van der Waals surface area contributed by atoms with Crippen molar-refractivity contribution in [2.75, 3.05) is 56.7 Å². The highest BCUT2D eigenvalue weighted by molar-refractivity contribution is 7.92. The number of alkyl halides is 3. The van der Waals surface area contributed by atoms with Crippen LogP contribution in [-0.2, 0) is 16.6 Å². The Bertz CT molecular complexity index is 1580. The number of aryl methyl sites for hydroxylation is 1. The van der Waals surface area contributed by atoms with Crippen molar-refractivity contribution in [1.29, 1.82) is 0 Å². The summed E-state index contributed by atoms with van der Waals surface area (Å²) < 4.78 is 73.2. The predicted molar refractivity (Wildman–Crippen MR) is 165 cm³/mol. The number of hydrogen-bond acceptors (Lipinski definition) is 8. The second-order valence-corrected chi connectivity index (χ2v) is 13.2. The molecule has 0 saturated carbocycles. The van der Waals surface area contributed by atoms with Gasteiger partial charge < -0.3 is 26.0 Å². The number of amides is 1. The predicted octanol–water partition coefficient (Wildman–Crippen LogP) is 3.46. The van der Waals surface area contributed by atoms with Crippen molar-refractivity contribution in [3.63, 3.8) is 0 Å². The highest BCUT2D eigenvalue weighted by atomic mass is 32.2. The van der Waals surface area contributed by atoms with E-state index in [1.54, 1.807) is 31.2 Å². The van der Waals surface area contributed by atoms with Crippen LogP contribution in [-0.4, -0.2) is 84.3 Å². The van der Waals surface area contributed by atoms with Crippen LogP contribution in [0.2, 0.25) is 0 Å². The summed E-state index contributed by atoms with van der Waals surface area (Å²) in [5.74, 6) is -2.68. The number of aliphatic imine (C=N–C) groups is 2. The van der Waals surface area contributed by atoms with Crippen molar-refractivity contribution in [1.82, 2.24) is 10.2 Å². The number of carbonyl (C=O) groups is 1. The zero-order chi connectivity index (χ0) is 32.4. The highest BCUT2D eigenvalue weighted by Crippen LogP contribution is 2.36. The minimum atomic E-state index is -4.64. The number of methoxy groups -OCH3 is 1. The van der Waals surface area contributed by atoms with E-state index in [4.69, 9.17) is 10.5 Å². The fourth-order valence-corrected chi connectivity index (χ4v) is 5.94. The molecule has 0 spiro atoms. The quantitative estimate of drug-likeness (QED) is 0.403. The van der Waals surface area contributed by atoms with E-state index in [0.717, 1.165) is 35.5 Å². The van der Waals surface area contributed by atoms with E-state index >= 15 is 0 Å². The molecule has 0 aliphatic carbocycles. The van der Waals surface area contributed by atoms with Crippen molar-refractivity contribution in [2.24, 2.45) is 21.6 Å². The Morgan fingerprint density at radius 2 is 2.02 bits per heavy atom. The van der Waals surface area contributed by atoms with Crippen LogP contribution in [0.5, 0.6) is 5.75 Å². The SMILES string of the molecule is COc1cc(C(N)=O)c(C2CCCN(C)C2)cc1NC1=NCC(C(F)(F)F)C(=NCc2ccc(C)cc2N(C)S(C)(=O)=O)N1. The molecule has 2 aromatic rings. The lowest BCUT2D eigenvalue weighted by atomic mass is 9.87. The van der Waals surface area contributed by atoms with Gasteiger partial charge in [-0.25, -0.2) is 8.42 Å². The molecule has 4 N–H and O–H groups in total. The standard InChI is InChI=1S/C29H38F3N7O4S/c1-17-8-9-18(24(11-17)39(3)44(5,41)42)14-34-27-22(29(30,31)32)15-35-28(37-27)36-23-12-20(19-7-6-10-38(2)16-19)21(26(33)40)13-25(23)43-4/h8-9,11-13,19,22H,6-7,10,14-16H2,1-5H3,(H2,33,40)(H2,34,35,36,37). The summed E-state index contributed by atoms with van der Waals surface area (Å²) in [5, 5.41) is 5.72. The lowest BCUT2D eigenvalue weighted by Gasteiger charge is -2.31. The molecule has 0 bridgehead atoms. The summed E-state index contributed by atoms with van der Waals surface area (Å²) in [6.45, 7) is 2.60. The molecular weight excluding hydrogens is 599 g/mol. The Balaban J connectivity index is 1.68. The number of nitrogens with one attached hydrogen (secondary N) is 2. The summed E-state index contributed by atoms with van der Waals surface area (Å²) in [6.07, 6.45) is -1.82. The van der Waals surface area contributed by atoms with Gasteiger partial charge in [-0.15, -0.1) is 0 Å².